The van der Waals surface area contributed by atoms with E-state index >= 15 is 0 Å². The molecule has 2 aromatic heterocycles. The van der Waals surface area contributed by atoms with Crippen LogP contribution in [0.25, 0.3) is 5.65 Å². The third-order valence-corrected chi connectivity index (χ3v) is 2.59. The van der Waals surface area contributed by atoms with Crippen LogP contribution >= 0.6 is 0 Å². The molecule has 0 aromatic carbocycles. The fraction of sp³-hybridized carbons (Fsp3) is 0.438. The maximum Gasteiger partial charge on any atom is 0.331 e. The van der Waals surface area contributed by atoms with Crippen LogP contribution < -0.4 is 5.69 Å². The summed E-state index contributed by atoms with van der Waals surface area (Å²) in [6.07, 6.45) is 2.61. The van der Waals surface area contributed by atoms with Crippen molar-refractivity contribution in [3.8, 4) is 0 Å². The third kappa shape index (κ3) is 8.23. The second-order valence-electron chi connectivity index (χ2n) is 3.93. The van der Waals surface area contributed by atoms with E-state index in [2.05, 4.69) is 23.1 Å². The first kappa shape index (κ1) is 26.6. The second kappa shape index (κ2) is 14.3. The number of hydrogen-bond acceptors (Lipinski definition) is 3. The smallest absolute Gasteiger partial charge is 0.331 e. The number of rotatable bonds is 1. The molecule has 0 aliphatic rings. The Morgan fingerprint density at radius 2 is 1.78 bits per heavy atom. The Balaban J connectivity index is -0.000000384. The Morgan fingerprint density at radius 3 is 2.17 bits per heavy atom. The van der Waals surface area contributed by atoms with Crippen LogP contribution in [0.2, 0.25) is 0 Å². The first-order valence-electron chi connectivity index (χ1n) is 7.14. The van der Waals surface area contributed by atoms with Crippen LogP contribution in [-0.4, -0.2) is 25.4 Å². The number of nitrogens with zero attached hydrogens (tertiary/aromatic N) is 2. The van der Waals surface area contributed by atoms with E-state index in [1.807, 2.05) is 34.6 Å². The Kier molecular flexibility index (Phi) is 16.6. The molecule has 6 nitrogen and oxygen atoms in total. The van der Waals surface area contributed by atoms with Crippen molar-refractivity contribution in [1.82, 2.24) is 14.4 Å². The summed E-state index contributed by atoms with van der Waals surface area (Å²) in [5.74, 6) is -0.833. The van der Waals surface area contributed by atoms with E-state index in [9.17, 15) is 4.79 Å². The van der Waals surface area contributed by atoms with Gasteiger partial charge in [0.05, 0.1) is 5.69 Å². The largest absolute Gasteiger partial charge is 0.481 e. The maximum atomic E-state index is 11.5. The van der Waals surface area contributed by atoms with E-state index in [1.54, 1.807) is 10.6 Å². The predicted molar refractivity (Wildman–Crippen MR) is 90.6 cm³/mol. The number of hydrogen-bond donors (Lipinski definition) is 2. The molecule has 1 radical (unpaired) electrons. The van der Waals surface area contributed by atoms with E-state index in [0.29, 0.717) is 0 Å². The van der Waals surface area contributed by atoms with Gasteiger partial charge in [-0.3, -0.25) is 4.79 Å². The standard InChI is InChI=1S/C10H13N3O.C2H4O2.C2H6.C2H4.Y/c1-4-8-5-11-10(14)13-7(3)6(2)12-9(8)13;1-2(3)4;2*1-2;/h5H,4H2,1-3H3,(H,11,14);1H3,(H,3,4);1-2H3;1-2H2;. The van der Waals surface area contributed by atoms with Crippen LogP contribution in [0.4, 0.5) is 0 Å². The summed E-state index contributed by atoms with van der Waals surface area (Å²) in [4.78, 5) is 27.7. The number of nitrogens with one attached hydrogen (secondary N) is 1. The normalized spacial score (nSPS) is 8.26. The molecule has 0 aliphatic heterocycles. The monoisotopic (exact) mass is 398 g/mol. The van der Waals surface area contributed by atoms with Gasteiger partial charge >= 0.3 is 5.69 Å². The SMILES string of the molecule is C=C.CC.CC(=O)O.CCc1c[nH]c(=O)n2c(C)c(C)nc12.[Y]. The molecule has 2 N–H and O–H groups in total. The van der Waals surface area contributed by atoms with Gasteiger partial charge in [0.25, 0.3) is 5.97 Å². The summed E-state index contributed by atoms with van der Waals surface area (Å²) in [5.41, 5.74) is 3.57. The van der Waals surface area contributed by atoms with Crippen LogP contribution in [0.15, 0.2) is 24.1 Å². The van der Waals surface area contributed by atoms with Gasteiger partial charge in [0.2, 0.25) is 0 Å². The van der Waals surface area contributed by atoms with Gasteiger partial charge in [-0.25, -0.2) is 14.2 Å². The molecule has 2 aromatic rings. The molecule has 0 fully saturated rings. The average molecular weight is 398 g/mol. The van der Waals surface area contributed by atoms with Crippen molar-refractivity contribution >= 4 is 11.6 Å². The summed E-state index contributed by atoms with van der Waals surface area (Å²) in [6, 6.07) is 0. The molecule has 0 amide bonds. The summed E-state index contributed by atoms with van der Waals surface area (Å²) in [7, 11) is 0. The molecule has 2 heterocycles. The third-order valence-electron chi connectivity index (χ3n) is 2.59. The van der Waals surface area contributed by atoms with E-state index in [-0.39, 0.29) is 38.4 Å². The molecule has 0 spiro atoms. The zero-order valence-corrected chi connectivity index (χ0v) is 17.8. The van der Waals surface area contributed by atoms with Crippen molar-refractivity contribution in [1.29, 1.82) is 0 Å². The number of H-pyrrole nitrogens is 1. The van der Waals surface area contributed by atoms with Gasteiger partial charge in [0, 0.05) is 57.1 Å². The summed E-state index contributed by atoms with van der Waals surface area (Å²) < 4.78 is 1.63. The minimum Gasteiger partial charge on any atom is -0.481 e. The minimum absolute atomic E-state index is 0. The predicted octanol–water partition coefficient (Wildman–Crippen LogP) is 3.12. The number of aryl methyl sites for hydroxylation is 3. The first-order valence-corrected chi connectivity index (χ1v) is 7.14. The Bertz CT molecular complexity index is 644. The van der Waals surface area contributed by atoms with Crippen molar-refractivity contribution in [2.24, 2.45) is 0 Å². The summed E-state index contributed by atoms with van der Waals surface area (Å²) in [5, 5.41) is 7.42. The van der Waals surface area contributed by atoms with Crippen LogP contribution in [0, 0.1) is 13.8 Å². The number of imidazole rings is 1. The van der Waals surface area contributed by atoms with E-state index in [0.717, 1.165) is 35.9 Å². The van der Waals surface area contributed by atoms with Crippen LogP contribution in [-0.2, 0) is 43.9 Å². The van der Waals surface area contributed by atoms with Gasteiger partial charge in [-0.05, 0) is 20.3 Å². The molecule has 0 unspecified atom stereocenters. The molecular formula is C16H27N3O3Y. The number of carbonyl (C=O) groups is 1. The Labute approximate surface area is 162 Å². The van der Waals surface area contributed by atoms with Crippen LogP contribution in [0.3, 0.4) is 0 Å². The summed E-state index contributed by atoms with van der Waals surface area (Å²) in [6.45, 7) is 17.0. The van der Waals surface area contributed by atoms with Crippen molar-refractivity contribution in [3.05, 3.63) is 46.8 Å². The number of aliphatic carboxylic acids is 1. The van der Waals surface area contributed by atoms with E-state index in [4.69, 9.17) is 9.90 Å². The average Bonchev–Trinajstić information content (AvgIpc) is 2.80. The molecular weight excluding hydrogens is 371 g/mol. The zero-order valence-electron chi connectivity index (χ0n) is 14.9. The van der Waals surface area contributed by atoms with Gasteiger partial charge in [0.15, 0.2) is 0 Å². The maximum absolute atomic E-state index is 11.5. The molecule has 127 valence electrons. The fourth-order valence-electron chi connectivity index (χ4n) is 1.61. The number of aromatic amines is 1. The second-order valence-corrected chi connectivity index (χ2v) is 3.93. The molecule has 0 aliphatic carbocycles. The van der Waals surface area contributed by atoms with Crippen molar-refractivity contribution in [3.63, 3.8) is 0 Å². The van der Waals surface area contributed by atoms with Crippen molar-refractivity contribution in [2.75, 3.05) is 0 Å². The quantitative estimate of drug-likeness (QED) is 0.723. The van der Waals surface area contributed by atoms with Crippen LogP contribution in [0.1, 0.15) is 44.6 Å². The molecule has 0 saturated heterocycles. The molecule has 0 atom stereocenters. The molecule has 23 heavy (non-hydrogen) atoms. The van der Waals surface area contributed by atoms with Gasteiger partial charge in [-0.1, -0.05) is 20.8 Å². The Hall–Kier alpha value is -1.27. The van der Waals surface area contributed by atoms with Gasteiger partial charge in [-0.15, -0.1) is 13.2 Å². The number of fused-ring (bicyclic) bond motifs is 1. The summed E-state index contributed by atoms with van der Waals surface area (Å²) >= 11 is 0. The van der Waals surface area contributed by atoms with E-state index < -0.39 is 5.97 Å². The first-order chi connectivity index (χ1) is 10.4. The van der Waals surface area contributed by atoms with Crippen LogP contribution in [0.5, 0.6) is 0 Å². The van der Waals surface area contributed by atoms with Crippen molar-refractivity contribution in [2.45, 2.75) is 48.0 Å². The zero-order chi connectivity index (χ0) is 17.9. The molecule has 2 rings (SSSR count). The van der Waals surface area contributed by atoms with Gasteiger partial charge < -0.3 is 10.1 Å². The molecule has 0 bridgehead atoms. The van der Waals surface area contributed by atoms with Crippen molar-refractivity contribution < 1.29 is 42.6 Å². The Morgan fingerprint density at radius 1 is 1.35 bits per heavy atom. The van der Waals surface area contributed by atoms with E-state index in [1.165, 1.54) is 0 Å². The van der Waals surface area contributed by atoms with Gasteiger partial charge in [-0.2, -0.15) is 0 Å². The fourth-order valence-corrected chi connectivity index (χ4v) is 1.61. The van der Waals surface area contributed by atoms with Gasteiger partial charge in [0.1, 0.15) is 5.65 Å². The number of carboxylic acid groups (broad SMARTS) is 1. The molecule has 0 saturated carbocycles. The number of carboxylic acids is 1. The topological polar surface area (TPSA) is 87.5 Å². The number of aromatic nitrogens is 3. The minimum atomic E-state index is -0.833. The molecule has 7 heteroatoms.